The Morgan fingerprint density at radius 1 is 1.29 bits per heavy atom. The number of nitrogens with zero attached hydrogens (tertiary/aromatic N) is 1. The summed E-state index contributed by atoms with van der Waals surface area (Å²) in [6.07, 6.45) is 1.90. The molecular weight excluding hydrogens is 214 g/mol. The van der Waals surface area contributed by atoms with Crippen molar-refractivity contribution in [1.82, 2.24) is 4.57 Å². The van der Waals surface area contributed by atoms with Gasteiger partial charge in [0.25, 0.3) is 0 Å². The lowest BCUT2D eigenvalue weighted by molar-refractivity contribution is -0.141. The number of rotatable bonds is 2. The monoisotopic (exact) mass is 233 g/mol. The van der Waals surface area contributed by atoms with Gasteiger partial charge >= 0.3 is 5.97 Å². The molecule has 0 aliphatic heterocycles. The maximum absolute atomic E-state index is 11.1. The van der Waals surface area contributed by atoms with E-state index in [4.69, 9.17) is 0 Å². The van der Waals surface area contributed by atoms with Crippen LogP contribution in [0.2, 0.25) is 0 Å². The predicted molar refractivity (Wildman–Crippen MR) is 70.0 cm³/mol. The minimum Gasteiger partial charge on any atom is -0.468 e. The van der Waals surface area contributed by atoms with E-state index in [-0.39, 0.29) is 12.5 Å². The van der Waals surface area contributed by atoms with Crippen molar-refractivity contribution < 1.29 is 9.53 Å². The number of ether oxygens (including phenoxy) is 1. The van der Waals surface area contributed by atoms with Gasteiger partial charge in [-0.05, 0) is 30.5 Å². The summed E-state index contributed by atoms with van der Waals surface area (Å²) in [5.74, 6) is -0.229. The third-order valence-electron chi connectivity index (χ3n) is 2.45. The fourth-order valence-electron chi connectivity index (χ4n) is 1.66. The highest BCUT2D eigenvalue weighted by atomic mass is 16.5. The van der Waals surface area contributed by atoms with Crippen LogP contribution in [0.4, 0.5) is 0 Å². The average Bonchev–Trinajstić information content (AvgIpc) is 2.74. The van der Waals surface area contributed by atoms with E-state index < -0.39 is 0 Å². The number of methoxy groups -OCH3 is 1. The van der Waals surface area contributed by atoms with Gasteiger partial charge in [-0.1, -0.05) is 25.5 Å². The molecule has 1 aromatic carbocycles. The van der Waals surface area contributed by atoms with E-state index in [9.17, 15) is 4.79 Å². The van der Waals surface area contributed by atoms with Gasteiger partial charge in [0.2, 0.25) is 0 Å². The van der Waals surface area contributed by atoms with Crippen molar-refractivity contribution in [3.63, 3.8) is 0 Å². The summed E-state index contributed by atoms with van der Waals surface area (Å²) < 4.78 is 6.53. The van der Waals surface area contributed by atoms with Crippen LogP contribution in [0.25, 0.3) is 10.9 Å². The third-order valence-corrected chi connectivity index (χ3v) is 2.45. The van der Waals surface area contributed by atoms with Crippen molar-refractivity contribution in [2.45, 2.75) is 27.3 Å². The molecule has 0 unspecified atom stereocenters. The molecule has 0 spiro atoms. The Hall–Kier alpha value is -1.77. The summed E-state index contributed by atoms with van der Waals surface area (Å²) in [6.45, 7) is 6.32. The summed E-state index contributed by atoms with van der Waals surface area (Å²) in [6, 6.07) is 8.16. The lowest BCUT2D eigenvalue weighted by atomic mass is 10.2. The molecule has 0 saturated heterocycles. The van der Waals surface area contributed by atoms with Gasteiger partial charge in [0, 0.05) is 11.7 Å². The Labute approximate surface area is 102 Å². The molecule has 92 valence electrons. The number of carbonyl (C=O) groups excluding carboxylic acids is 1. The maximum atomic E-state index is 11.1. The van der Waals surface area contributed by atoms with E-state index in [0.717, 1.165) is 10.9 Å². The van der Waals surface area contributed by atoms with Gasteiger partial charge in [-0.2, -0.15) is 0 Å². The standard InChI is InChI=1S/C12H13NO2.C2H6/c1-9-3-4-11-10(7-9)5-6-13(11)8-12(14)15-2;1-2/h3-7H,8H2,1-2H3;1-2H3. The number of hydrogen-bond acceptors (Lipinski definition) is 2. The van der Waals surface area contributed by atoms with E-state index in [1.165, 1.54) is 12.7 Å². The van der Waals surface area contributed by atoms with Crippen LogP contribution < -0.4 is 0 Å². The second kappa shape index (κ2) is 6.09. The van der Waals surface area contributed by atoms with Crippen LogP contribution in [-0.2, 0) is 16.1 Å². The van der Waals surface area contributed by atoms with Crippen molar-refractivity contribution in [2.24, 2.45) is 0 Å². The number of hydrogen-bond donors (Lipinski definition) is 0. The van der Waals surface area contributed by atoms with Crippen LogP contribution >= 0.6 is 0 Å². The normalized spacial score (nSPS) is 9.65. The lowest BCUT2D eigenvalue weighted by Crippen LogP contribution is -2.10. The zero-order valence-corrected chi connectivity index (χ0v) is 10.9. The highest BCUT2D eigenvalue weighted by Gasteiger charge is 2.05. The number of fused-ring (bicyclic) bond motifs is 1. The third kappa shape index (κ3) is 3.09. The van der Waals surface area contributed by atoms with Gasteiger partial charge in [-0.3, -0.25) is 4.79 Å². The lowest BCUT2D eigenvalue weighted by Gasteiger charge is -2.03. The second-order valence-electron chi connectivity index (χ2n) is 3.58. The van der Waals surface area contributed by atoms with Crippen molar-refractivity contribution in [1.29, 1.82) is 0 Å². The Morgan fingerprint density at radius 2 is 2.00 bits per heavy atom. The van der Waals surface area contributed by atoms with Crippen LogP contribution in [0.15, 0.2) is 30.5 Å². The summed E-state index contributed by atoms with van der Waals surface area (Å²) in [5, 5.41) is 1.15. The number of benzene rings is 1. The molecular formula is C14H19NO2. The van der Waals surface area contributed by atoms with Crippen LogP contribution in [0.5, 0.6) is 0 Å². The molecule has 0 radical (unpaired) electrons. The average molecular weight is 233 g/mol. The van der Waals surface area contributed by atoms with Gasteiger partial charge in [0.15, 0.2) is 0 Å². The predicted octanol–water partition coefficient (Wildman–Crippen LogP) is 3.15. The van der Waals surface area contributed by atoms with E-state index in [0.29, 0.717) is 0 Å². The first-order valence-electron chi connectivity index (χ1n) is 5.83. The first-order chi connectivity index (χ1) is 8.20. The van der Waals surface area contributed by atoms with Gasteiger partial charge in [0.1, 0.15) is 6.54 Å². The topological polar surface area (TPSA) is 31.2 Å². The molecule has 0 atom stereocenters. The maximum Gasteiger partial charge on any atom is 0.325 e. The van der Waals surface area contributed by atoms with Crippen molar-refractivity contribution in [3.8, 4) is 0 Å². The molecule has 3 nitrogen and oxygen atoms in total. The van der Waals surface area contributed by atoms with Crippen LogP contribution in [0.3, 0.4) is 0 Å². The molecule has 1 aromatic heterocycles. The summed E-state index contributed by atoms with van der Waals surface area (Å²) in [5.41, 5.74) is 2.28. The fraction of sp³-hybridized carbons (Fsp3) is 0.357. The number of aryl methyl sites for hydroxylation is 1. The molecule has 0 amide bonds. The Morgan fingerprint density at radius 3 is 2.65 bits per heavy atom. The van der Waals surface area contributed by atoms with Crippen LogP contribution in [-0.4, -0.2) is 17.6 Å². The molecule has 0 aliphatic rings. The Balaban J connectivity index is 0.000000686. The van der Waals surface area contributed by atoms with Gasteiger partial charge in [-0.25, -0.2) is 0 Å². The van der Waals surface area contributed by atoms with E-state index in [2.05, 4.69) is 17.7 Å². The summed E-state index contributed by atoms with van der Waals surface area (Å²) >= 11 is 0. The molecule has 2 aromatic rings. The molecule has 3 heteroatoms. The SMILES string of the molecule is CC.COC(=O)Cn1ccc2cc(C)ccc21. The zero-order chi connectivity index (χ0) is 12.8. The Kier molecular flexibility index (Phi) is 4.76. The highest BCUT2D eigenvalue weighted by Crippen LogP contribution is 2.17. The molecule has 1 heterocycles. The molecule has 2 rings (SSSR count). The highest BCUT2D eigenvalue weighted by molar-refractivity contribution is 5.82. The first-order valence-corrected chi connectivity index (χ1v) is 5.83. The summed E-state index contributed by atoms with van der Waals surface area (Å²) in [7, 11) is 1.40. The second-order valence-corrected chi connectivity index (χ2v) is 3.58. The summed E-state index contributed by atoms with van der Waals surface area (Å²) in [4.78, 5) is 11.1. The molecule has 0 bridgehead atoms. The zero-order valence-electron chi connectivity index (χ0n) is 10.9. The van der Waals surface area contributed by atoms with Crippen LogP contribution in [0, 0.1) is 6.92 Å². The minimum atomic E-state index is -0.229. The first kappa shape index (κ1) is 13.3. The number of esters is 1. The van der Waals surface area contributed by atoms with Crippen LogP contribution in [0.1, 0.15) is 19.4 Å². The quantitative estimate of drug-likeness (QED) is 0.746. The minimum absolute atomic E-state index is 0.229. The Bertz CT molecular complexity index is 500. The fourth-order valence-corrected chi connectivity index (χ4v) is 1.66. The smallest absolute Gasteiger partial charge is 0.325 e. The van der Waals surface area contributed by atoms with Crippen molar-refractivity contribution >= 4 is 16.9 Å². The number of carbonyl (C=O) groups is 1. The molecule has 0 N–H and O–H groups in total. The van der Waals surface area contributed by atoms with E-state index in [1.54, 1.807) is 0 Å². The van der Waals surface area contributed by atoms with E-state index in [1.807, 2.05) is 42.8 Å². The van der Waals surface area contributed by atoms with Gasteiger partial charge < -0.3 is 9.30 Å². The largest absolute Gasteiger partial charge is 0.468 e. The molecule has 0 aliphatic carbocycles. The van der Waals surface area contributed by atoms with E-state index >= 15 is 0 Å². The van der Waals surface area contributed by atoms with Gasteiger partial charge in [-0.15, -0.1) is 0 Å². The van der Waals surface area contributed by atoms with Gasteiger partial charge in [0.05, 0.1) is 7.11 Å². The molecule has 17 heavy (non-hydrogen) atoms. The molecule has 0 fully saturated rings. The van der Waals surface area contributed by atoms with Crippen molar-refractivity contribution in [3.05, 3.63) is 36.0 Å². The number of aromatic nitrogens is 1. The molecule has 0 saturated carbocycles. The van der Waals surface area contributed by atoms with Crippen molar-refractivity contribution in [2.75, 3.05) is 7.11 Å².